The highest BCUT2D eigenvalue weighted by atomic mass is 31.2. The Morgan fingerprint density at radius 3 is 0.889 bits per heavy atom. The molecule has 0 fully saturated rings. The van der Waals surface area contributed by atoms with Crippen molar-refractivity contribution in [2.24, 2.45) is 0 Å². The first-order valence-electron chi connectivity index (χ1n) is 31.7. The third kappa shape index (κ3) is 58.3. The molecule has 0 radical (unpaired) electrons. The van der Waals surface area contributed by atoms with E-state index in [4.69, 9.17) is 18.5 Å². The number of hydrogen-bond acceptors (Lipinski definition) is 8. The molecule has 0 heterocycles. The average molecular weight is 1040 g/mol. The predicted octanol–water partition coefficient (Wildman–Crippen LogP) is 19.2. The molecule has 10 heteroatoms. The van der Waals surface area contributed by atoms with Gasteiger partial charge in [-0.15, -0.1) is 0 Å². The van der Waals surface area contributed by atoms with Gasteiger partial charge >= 0.3 is 11.9 Å². The minimum Gasteiger partial charge on any atom is -0.756 e. The van der Waals surface area contributed by atoms with E-state index in [2.05, 4.69) is 13.8 Å². The summed E-state index contributed by atoms with van der Waals surface area (Å²) in [6.45, 7) is 4.32. The van der Waals surface area contributed by atoms with E-state index >= 15 is 0 Å². The summed E-state index contributed by atoms with van der Waals surface area (Å²) in [6, 6.07) is 0. The van der Waals surface area contributed by atoms with Gasteiger partial charge in [0.1, 0.15) is 19.8 Å². The van der Waals surface area contributed by atoms with Crippen LogP contribution in [0.15, 0.2) is 0 Å². The maximum atomic E-state index is 12.8. The van der Waals surface area contributed by atoms with Crippen LogP contribution in [0.25, 0.3) is 0 Å². The van der Waals surface area contributed by atoms with Gasteiger partial charge in [-0.1, -0.05) is 309 Å². The van der Waals surface area contributed by atoms with E-state index < -0.39 is 26.5 Å². The number of likely N-dealkylation sites (N-methyl/N-ethyl adjacent to an activating group) is 1. The van der Waals surface area contributed by atoms with Crippen LogP contribution >= 0.6 is 7.82 Å². The third-order valence-corrected chi connectivity index (χ3v) is 15.6. The van der Waals surface area contributed by atoms with Crippen molar-refractivity contribution >= 4 is 19.8 Å². The van der Waals surface area contributed by atoms with Crippen LogP contribution in [0.1, 0.15) is 335 Å². The van der Waals surface area contributed by atoms with Gasteiger partial charge < -0.3 is 27.9 Å². The van der Waals surface area contributed by atoms with E-state index in [0.29, 0.717) is 17.4 Å². The fraction of sp³-hybridized carbons (Fsp3) is 0.968. The van der Waals surface area contributed by atoms with Crippen molar-refractivity contribution in [3.05, 3.63) is 0 Å². The van der Waals surface area contributed by atoms with Crippen LogP contribution < -0.4 is 4.89 Å². The zero-order valence-corrected chi connectivity index (χ0v) is 49.8. The van der Waals surface area contributed by atoms with E-state index in [1.807, 2.05) is 21.1 Å². The summed E-state index contributed by atoms with van der Waals surface area (Å²) < 4.78 is 34.2. The molecule has 2 unspecified atom stereocenters. The highest BCUT2D eigenvalue weighted by Crippen LogP contribution is 2.38. The van der Waals surface area contributed by atoms with Gasteiger partial charge in [-0.3, -0.25) is 14.2 Å². The first kappa shape index (κ1) is 71.0. The second-order valence-electron chi connectivity index (χ2n) is 23.1. The summed E-state index contributed by atoms with van der Waals surface area (Å²) in [7, 11) is 1.19. The highest BCUT2D eigenvalue weighted by Gasteiger charge is 2.22. The number of nitrogens with zero attached hydrogens (tertiary/aromatic N) is 1. The number of esters is 2. The molecule has 0 amide bonds. The first-order chi connectivity index (χ1) is 35.0. The number of ether oxygens (including phenoxy) is 2. The molecule has 0 bridgehead atoms. The van der Waals surface area contributed by atoms with Crippen LogP contribution in [0.5, 0.6) is 0 Å². The fourth-order valence-electron chi connectivity index (χ4n) is 9.72. The number of hydrogen-bond donors (Lipinski definition) is 0. The van der Waals surface area contributed by atoms with Gasteiger partial charge in [0.2, 0.25) is 0 Å². The van der Waals surface area contributed by atoms with Crippen molar-refractivity contribution in [3.63, 3.8) is 0 Å². The smallest absolute Gasteiger partial charge is 0.306 e. The Balaban J connectivity index is 4.03. The predicted molar refractivity (Wildman–Crippen MR) is 305 cm³/mol. The highest BCUT2D eigenvalue weighted by molar-refractivity contribution is 7.45. The van der Waals surface area contributed by atoms with Gasteiger partial charge in [0.25, 0.3) is 7.82 Å². The normalized spacial score (nSPS) is 13.1. The second-order valence-corrected chi connectivity index (χ2v) is 24.6. The number of unbranched alkanes of at least 4 members (excludes halogenated alkanes) is 46. The molecule has 2 atom stereocenters. The number of phosphoric acid groups is 1. The van der Waals surface area contributed by atoms with Crippen molar-refractivity contribution in [3.8, 4) is 0 Å². The Morgan fingerprint density at radius 1 is 0.375 bits per heavy atom. The topological polar surface area (TPSA) is 111 Å². The molecular formula is C62H124NO8P. The van der Waals surface area contributed by atoms with E-state index in [1.165, 1.54) is 270 Å². The molecule has 72 heavy (non-hydrogen) atoms. The first-order valence-corrected chi connectivity index (χ1v) is 33.2. The Bertz CT molecular complexity index is 1180. The quantitative estimate of drug-likeness (QED) is 0.0256. The van der Waals surface area contributed by atoms with Gasteiger partial charge in [0.15, 0.2) is 6.10 Å². The van der Waals surface area contributed by atoms with Crippen molar-refractivity contribution < 1.29 is 42.1 Å². The van der Waals surface area contributed by atoms with Crippen LogP contribution in [-0.4, -0.2) is 70.0 Å². The molecule has 0 saturated heterocycles. The van der Waals surface area contributed by atoms with Crippen LogP contribution in [0.4, 0.5) is 0 Å². The molecule has 0 spiro atoms. The molecule has 430 valence electrons. The minimum atomic E-state index is -4.63. The molecule has 0 aliphatic rings. The minimum absolute atomic E-state index is 0.0250. The summed E-state index contributed by atoms with van der Waals surface area (Å²) in [5.41, 5.74) is 0. The fourth-order valence-corrected chi connectivity index (χ4v) is 10.4. The lowest BCUT2D eigenvalue weighted by molar-refractivity contribution is -0.870. The SMILES string of the molecule is CCCCCCCCCCCCCCCCCCCCCCCCCCCCCCC(=O)OC(COC(=O)CCCCCCCCCCCCCCCCCCCCCC)COP(=O)([O-])OCC[N+](C)(C)C. The second kappa shape index (κ2) is 54.8. The Hall–Kier alpha value is -0.990. The molecular weight excluding hydrogens is 918 g/mol. The number of carbonyl (C=O) groups is 2. The summed E-state index contributed by atoms with van der Waals surface area (Å²) in [6.07, 6.45) is 63.1. The molecule has 0 aliphatic carbocycles. The van der Waals surface area contributed by atoms with Gasteiger partial charge in [0.05, 0.1) is 27.7 Å². The van der Waals surface area contributed by atoms with Crippen molar-refractivity contribution in [2.75, 3.05) is 47.5 Å². The lowest BCUT2D eigenvalue weighted by atomic mass is 10.0. The molecule has 0 saturated carbocycles. The molecule has 0 rings (SSSR count). The van der Waals surface area contributed by atoms with Crippen LogP contribution in [0.2, 0.25) is 0 Å². The number of rotatable bonds is 60. The number of quaternary nitrogens is 1. The van der Waals surface area contributed by atoms with Gasteiger partial charge in [-0.05, 0) is 12.8 Å². The van der Waals surface area contributed by atoms with Crippen molar-refractivity contribution in [2.45, 2.75) is 341 Å². The van der Waals surface area contributed by atoms with Gasteiger partial charge in [0, 0.05) is 12.8 Å². The maximum absolute atomic E-state index is 12.8. The van der Waals surface area contributed by atoms with E-state index in [1.54, 1.807) is 0 Å². The summed E-state index contributed by atoms with van der Waals surface area (Å²) in [4.78, 5) is 37.9. The summed E-state index contributed by atoms with van der Waals surface area (Å²) in [5, 5.41) is 0. The van der Waals surface area contributed by atoms with E-state index in [9.17, 15) is 19.0 Å². The van der Waals surface area contributed by atoms with Crippen LogP contribution in [0, 0.1) is 0 Å². The third-order valence-electron chi connectivity index (χ3n) is 14.6. The zero-order chi connectivity index (χ0) is 52.7. The monoisotopic (exact) mass is 1040 g/mol. The van der Waals surface area contributed by atoms with Gasteiger partial charge in [-0.25, -0.2) is 0 Å². The molecule has 0 aliphatic heterocycles. The van der Waals surface area contributed by atoms with Crippen molar-refractivity contribution in [1.82, 2.24) is 0 Å². The standard InChI is InChI=1S/C62H124NO8P/c1-6-8-10-12-14-16-18-20-22-24-26-28-29-30-31-32-33-34-35-37-39-41-43-45-47-49-51-53-55-62(65)71-60(59-70-72(66,67)69-57-56-63(3,4)5)58-68-61(64)54-52-50-48-46-44-42-40-38-36-27-25-23-21-19-17-15-13-11-9-7-2/h60H,6-59H2,1-5H3. The van der Waals surface area contributed by atoms with E-state index in [-0.39, 0.29) is 32.0 Å². The van der Waals surface area contributed by atoms with Crippen molar-refractivity contribution in [1.29, 1.82) is 0 Å². The summed E-state index contributed by atoms with van der Waals surface area (Å²) in [5.74, 6) is -0.807. The van der Waals surface area contributed by atoms with E-state index in [0.717, 1.165) is 32.1 Å². The lowest BCUT2D eigenvalue weighted by Gasteiger charge is -2.28. The Kier molecular flexibility index (Phi) is 54.0. The zero-order valence-electron chi connectivity index (χ0n) is 48.9. The molecule has 0 aromatic heterocycles. The van der Waals surface area contributed by atoms with Gasteiger partial charge in [-0.2, -0.15) is 0 Å². The maximum Gasteiger partial charge on any atom is 0.306 e. The molecule has 0 aromatic rings. The Labute approximate surface area is 448 Å². The molecule has 0 aromatic carbocycles. The molecule has 9 nitrogen and oxygen atoms in total. The summed E-state index contributed by atoms with van der Waals surface area (Å²) >= 11 is 0. The average Bonchev–Trinajstić information content (AvgIpc) is 3.34. The number of carbonyl (C=O) groups excluding carboxylic acids is 2. The van der Waals surface area contributed by atoms with Crippen LogP contribution in [0.3, 0.4) is 0 Å². The Morgan fingerprint density at radius 2 is 0.625 bits per heavy atom. The lowest BCUT2D eigenvalue weighted by Crippen LogP contribution is -2.37. The van der Waals surface area contributed by atoms with Crippen LogP contribution in [-0.2, 0) is 32.7 Å². The number of phosphoric ester groups is 1. The molecule has 0 N–H and O–H groups in total. The largest absolute Gasteiger partial charge is 0.756 e.